The molecule has 2 aromatic heterocycles. The second-order valence-electron chi connectivity index (χ2n) is 7.49. The molecule has 32 heavy (non-hydrogen) atoms. The normalized spacial score (nSPS) is 11.1. The Kier molecular flexibility index (Phi) is 4.59. The van der Waals surface area contributed by atoms with E-state index in [-0.39, 0.29) is 0 Å². The Hall–Kier alpha value is -4.09. The molecule has 0 aliphatic rings. The number of para-hydroxylation sites is 1. The predicted octanol–water partition coefficient (Wildman–Crippen LogP) is 6.88. The SMILES string of the molecule is c1ccc(-c2cccc(-c3ccccc3)c2-n2cnnc2-c2ccc3scnc3c2)cc1. The van der Waals surface area contributed by atoms with E-state index in [1.54, 1.807) is 17.7 Å². The van der Waals surface area contributed by atoms with Gasteiger partial charge in [-0.3, -0.25) is 4.57 Å². The van der Waals surface area contributed by atoms with Gasteiger partial charge in [0, 0.05) is 16.7 Å². The summed E-state index contributed by atoms with van der Waals surface area (Å²) in [4.78, 5) is 4.48. The van der Waals surface area contributed by atoms with Crippen molar-refractivity contribution in [2.24, 2.45) is 0 Å². The lowest BCUT2D eigenvalue weighted by molar-refractivity contribution is 1.07. The monoisotopic (exact) mass is 430 g/mol. The van der Waals surface area contributed by atoms with Gasteiger partial charge in [0.25, 0.3) is 0 Å². The van der Waals surface area contributed by atoms with Crippen LogP contribution in [0.1, 0.15) is 0 Å². The smallest absolute Gasteiger partial charge is 0.168 e. The number of benzene rings is 4. The lowest BCUT2D eigenvalue weighted by Gasteiger charge is -2.18. The van der Waals surface area contributed by atoms with Crippen molar-refractivity contribution in [3.63, 3.8) is 0 Å². The average Bonchev–Trinajstić information content (AvgIpc) is 3.54. The first-order valence-corrected chi connectivity index (χ1v) is 11.2. The first-order chi connectivity index (χ1) is 15.9. The molecule has 4 nitrogen and oxygen atoms in total. The van der Waals surface area contributed by atoms with Gasteiger partial charge in [-0.05, 0) is 29.3 Å². The molecule has 4 aromatic carbocycles. The Morgan fingerprint density at radius 1 is 0.656 bits per heavy atom. The zero-order chi connectivity index (χ0) is 21.3. The van der Waals surface area contributed by atoms with Crippen LogP contribution in [-0.4, -0.2) is 19.7 Å². The van der Waals surface area contributed by atoms with Crippen molar-refractivity contribution < 1.29 is 0 Å². The highest BCUT2D eigenvalue weighted by Crippen LogP contribution is 2.37. The Morgan fingerprint density at radius 2 is 1.34 bits per heavy atom. The van der Waals surface area contributed by atoms with Gasteiger partial charge in [-0.2, -0.15) is 0 Å². The molecule has 0 spiro atoms. The van der Waals surface area contributed by atoms with Gasteiger partial charge in [0.05, 0.1) is 21.4 Å². The number of hydrogen-bond donors (Lipinski definition) is 0. The summed E-state index contributed by atoms with van der Waals surface area (Å²) < 4.78 is 3.26. The molecule has 0 N–H and O–H groups in total. The van der Waals surface area contributed by atoms with Crippen molar-refractivity contribution in [3.8, 4) is 39.3 Å². The summed E-state index contributed by atoms with van der Waals surface area (Å²) in [6.45, 7) is 0. The van der Waals surface area contributed by atoms with Crippen LogP contribution in [0.3, 0.4) is 0 Å². The molecule has 0 unspecified atom stereocenters. The van der Waals surface area contributed by atoms with E-state index in [1.165, 1.54) is 0 Å². The maximum absolute atomic E-state index is 4.51. The number of nitrogens with zero attached hydrogens (tertiary/aromatic N) is 4. The number of fused-ring (bicyclic) bond motifs is 1. The minimum Gasteiger partial charge on any atom is -0.280 e. The maximum Gasteiger partial charge on any atom is 0.168 e. The molecule has 0 amide bonds. The molecule has 6 aromatic rings. The maximum atomic E-state index is 4.51. The summed E-state index contributed by atoms with van der Waals surface area (Å²) in [6, 6.07) is 33.6. The van der Waals surface area contributed by atoms with Crippen LogP contribution in [-0.2, 0) is 0 Å². The minimum atomic E-state index is 0.792. The van der Waals surface area contributed by atoms with E-state index >= 15 is 0 Å². The van der Waals surface area contributed by atoms with Crippen LogP contribution >= 0.6 is 11.3 Å². The number of aromatic nitrogens is 4. The van der Waals surface area contributed by atoms with Crippen molar-refractivity contribution in [2.75, 3.05) is 0 Å². The second-order valence-corrected chi connectivity index (χ2v) is 8.38. The molecule has 0 aliphatic heterocycles. The summed E-state index contributed by atoms with van der Waals surface area (Å²) in [7, 11) is 0. The molecule has 6 rings (SSSR count). The highest BCUT2D eigenvalue weighted by Gasteiger charge is 2.18. The van der Waals surface area contributed by atoms with Gasteiger partial charge in [-0.15, -0.1) is 21.5 Å². The average molecular weight is 431 g/mol. The van der Waals surface area contributed by atoms with E-state index < -0.39 is 0 Å². The Bertz CT molecular complexity index is 1460. The Morgan fingerprint density at radius 3 is 2.03 bits per heavy atom. The van der Waals surface area contributed by atoms with Crippen LogP contribution in [0.2, 0.25) is 0 Å². The van der Waals surface area contributed by atoms with Gasteiger partial charge in [0.2, 0.25) is 0 Å². The van der Waals surface area contributed by atoms with Gasteiger partial charge in [-0.1, -0.05) is 78.9 Å². The molecule has 0 saturated heterocycles. The van der Waals surface area contributed by atoms with Crippen LogP contribution in [0.15, 0.2) is 109 Å². The zero-order valence-corrected chi connectivity index (χ0v) is 17.9. The molecule has 2 heterocycles. The summed E-state index contributed by atoms with van der Waals surface area (Å²) in [5.74, 6) is 0.792. The summed E-state index contributed by atoms with van der Waals surface area (Å²) in [5.41, 5.74) is 9.44. The molecule has 0 radical (unpaired) electrons. The first-order valence-electron chi connectivity index (χ1n) is 10.4. The van der Waals surface area contributed by atoms with Crippen LogP contribution in [0, 0.1) is 0 Å². The highest BCUT2D eigenvalue weighted by atomic mass is 32.1. The van der Waals surface area contributed by atoms with Crippen molar-refractivity contribution in [1.29, 1.82) is 0 Å². The number of rotatable bonds is 4. The molecule has 0 fully saturated rings. The fourth-order valence-corrected chi connectivity index (χ4v) is 4.76. The third-order valence-electron chi connectivity index (χ3n) is 5.58. The standard InChI is InChI=1S/C27H18N4S/c1-3-8-19(9-4-1)22-12-7-13-23(20-10-5-2-6-11-20)26(22)31-17-29-30-27(31)21-14-15-25-24(16-21)28-18-32-25/h1-18H. The zero-order valence-electron chi connectivity index (χ0n) is 17.1. The van der Waals surface area contributed by atoms with Gasteiger partial charge >= 0.3 is 0 Å². The number of hydrogen-bond acceptors (Lipinski definition) is 4. The van der Waals surface area contributed by atoms with Crippen molar-refractivity contribution in [3.05, 3.63) is 109 Å². The predicted molar refractivity (Wildman–Crippen MR) is 131 cm³/mol. The third-order valence-corrected chi connectivity index (χ3v) is 6.39. The molecule has 0 bridgehead atoms. The Labute approximate surface area is 189 Å². The van der Waals surface area contributed by atoms with Crippen molar-refractivity contribution in [1.82, 2.24) is 19.7 Å². The summed E-state index contributed by atoms with van der Waals surface area (Å²) in [6.07, 6.45) is 1.80. The fourth-order valence-electron chi connectivity index (χ4n) is 4.10. The van der Waals surface area contributed by atoms with E-state index in [1.807, 2.05) is 17.6 Å². The summed E-state index contributed by atoms with van der Waals surface area (Å²) >= 11 is 1.64. The molecule has 0 atom stereocenters. The van der Waals surface area contributed by atoms with Crippen molar-refractivity contribution in [2.45, 2.75) is 0 Å². The molecule has 5 heteroatoms. The third kappa shape index (κ3) is 3.20. The van der Waals surface area contributed by atoms with Gasteiger partial charge in [0.15, 0.2) is 5.82 Å². The molecule has 152 valence electrons. The molecule has 0 saturated carbocycles. The van der Waals surface area contributed by atoms with Gasteiger partial charge in [0.1, 0.15) is 6.33 Å². The van der Waals surface area contributed by atoms with E-state index in [9.17, 15) is 0 Å². The Balaban J connectivity index is 1.63. The molecule has 0 aliphatic carbocycles. The second kappa shape index (κ2) is 7.87. The largest absolute Gasteiger partial charge is 0.280 e. The van der Waals surface area contributed by atoms with Crippen LogP contribution < -0.4 is 0 Å². The van der Waals surface area contributed by atoms with Gasteiger partial charge < -0.3 is 0 Å². The van der Waals surface area contributed by atoms with E-state index in [4.69, 9.17) is 0 Å². The first kappa shape index (κ1) is 18.7. The van der Waals surface area contributed by atoms with Crippen LogP contribution in [0.25, 0.3) is 49.5 Å². The lowest BCUT2D eigenvalue weighted by Crippen LogP contribution is -2.02. The minimum absolute atomic E-state index is 0.792. The van der Waals surface area contributed by atoms with Crippen LogP contribution in [0.4, 0.5) is 0 Å². The van der Waals surface area contributed by atoms with E-state index in [0.29, 0.717) is 0 Å². The highest BCUT2D eigenvalue weighted by molar-refractivity contribution is 7.16. The van der Waals surface area contributed by atoms with Crippen LogP contribution in [0.5, 0.6) is 0 Å². The molecular weight excluding hydrogens is 412 g/mol. The lowest BCUT2D eigenvalue weighted by atomic mass is 9.95. The molecular formula is C27H18N4S. The van der Waals surface area contributed by atoms with E-state index in [0.717, 1.165) is 49.5 Å². The van der Waals surface area contributed by atoms with Crippen molar-refractivity contribution >= 4 is 21.6 Å². The fraction of sp³-hybridized carbons (Fsp3) is 0. The topological polar surface area (TPSA) is 43.6 Å². The quantitative estimate of drug-likeness (QED) is 0.306. The van der Waals surface area contributed by atoms with E-state index in [2.05, 4.69) is 105 Å². The van der Waals surface area contributed by atoms with Gasteiger partial charge in [-0.25, -0.2) is 4.98 Å². The summed E-state index contributed by atoms with van der Waals surface area (Å²) in [5, 5.41) is 8.82. The number of thiazole rings is 1.